The zero-order valence-electron chi connectivity index (χ0n) is 19.5. The van der Waals surface area contributed by atoms with Crippen LogP contribution in [0, 0.1) is 17.1 Å². The number of halogens is 3. The number of hydrogen-bond acceptors (Lipinski definition) is 4. The summed E-state index contributed by atoms with van der Waals surface area (Å²) in [6, 6.07) is 16.5. The molecule has 1 N–H and O–H groups in total. The van der Waals surface area contributed by atoms with E-state index in [-0.39, 0.29) is 33.7 Å². The molecule has 0 bridgehead atoms. The van der Waals surface area contributed by atoms with Gasteiger partial charge in [-0.25, -0.2) is 4.39 Å². The fourth-order valence-corrected chi connectivity index (χ4v) is 3.72. The van der Waals surface area contributed by atoms with Gasteiger partial charge in [-0.05, 0) is 55.3 Å². The van der Waals surface area contributed by atoms with E-state index in [2.05, 4.69) is 11.9 Å². The molecule has 8 heteroatoms. The lowest BCUT2D eigenvalue weighted by atomic mass is 10.0. The normalized spacial score (nSPS) is 10.9. The number of nitriles is 1. The molecule has 0 fully saturated rings. The molecule has 36 heavy (non-hydrogen) atoms. The summed E-state index contributed by atoms with van der Waals surface area (Å²) in [6.45, 7) is 5.95. The number of rotatable bonds is 10. The van der Waals surface area contributed by atoms with Crippen LogP contribution in [0.1, 0.15) is 23.6 Å². The van der Waals surface area contributed by atoms with Crippen molar-refractivity contribution in [3.05, 3.63) is 105 Å². The summed E-state index contributed by atoms with van der Waals surface area (Å²) in [5.74, 6) is -0.185. The smallest absolute Gasteiger partial charge is 0.266 e. The van der Waals surface area contributed by atoms with Crippen LogP contribution in [-0.2, 0) is 17.8 Å². The van der Waals surface area contributed by atoms with Crippen molar-refractivity contribution in [2.24, 2.45) is 0 Å². The average Bonchev–Trinajstić information content (AvgIpc) is 2.86. The van der Waals surface area contributed by atoms with Crippen molar-refractivity contribution in [1.82, 2.24) is 0 Å². The molecule has 0 aliphatic rings. The Hall–Kier alpha value is -3.79. The van der Waals surface area contributed by atoms with Crippen LogP contribution in [-0.4, -0.2) is 12.5 Å². The zero-order valence-corrected chi connectivity index (χ0v) is 21.0. The molecule has 3 rings (SSSR count). The number of amides is 1. The summed E-state index contributed by atoms with van der Waals surface area (Å²) in [6.07, 6.45) is 3.54. The molecular weight excluding hydrogens is 502 g/mol. The first-order valence-electron chi connectivity index (χ1n) is 11.0. The average molecular weight is 525 g/mol. The van der Waals surface area contributed by atoms with Crippen LogP contribution in [0.4, 0.5) is 10.1 Å². The second-order valence-corrected chi connectivity index (χ2v) is 8.32. The summed E-state index contributed by atoms with van der Waals surface area (Å²) < 4.78 is 25.9. The van der Waals surface area contributed by atoms with Gasteiger partial charge < -0.3 is 14.8 Å². The van der Waals surface area contributed by atoms with E-state index in [1.54, 1.807) is 54.6 Å². The molecule has 0 saturated carbocycles. The minimum absolute atomic E-state index is 0.00166. The van der Waals surface area contributed by atoms with Crippen molar-refractivity contribution in [1.29, 1.82) is 5.26 Å². The van der Waals surface area contributed by atoms with Gasteiger partial charge in [0.2, 0.25) is 0 Å². The van der Waals surface area contributed by atoms with Crippen molar-refractivity contribution >= 4 is 40.9 Å². The number of hydrogen-bond donors (Lipinski definition) is 1. The molecule has 0 aromatic heterocycles. The number of nitrogens with zero attached hydrogens (tertiary/aromatic N) is 1. The third kappa shape index (κ3) is 6.66. The highest BCUT2D eigenvalue weighted by Gasteiger charge is 2.17. The number of nitrogens with one attached hydrogen (secondary N) is 1. The highest BCUT2D eigenvalue weighted by atomic mass is 35.5. The molecule has 0 aliphatic heterocycles. The number of benzene rings is 3. The summed E-state index contributed by atoms with van der Waals surface area (Å²) in [5.41, 5.74) is 1.77. The Labute approximate surface area is 219 Å². The van der Waals surface area contributed by atoms with Crippen molar-refractivity contribution in [3.63, 3.8) is 0 Å². The van der Waals surface area contributed by atoms with E-state index in [1.807, 2.05) is 13.0 Å². The molecule has 0 radical (unpaired) electrons. The Kier molecular flexibility index (Phi) is 9.52. The minimum atomic E-state index is -0.648. The van der Waals surface area contributed by atoms with Crippen molar-refractivity contribution < 1.29 is 18.7 Å². The Morgan fingerprint density at radius 2 is 1.92 bits per heavy atom. The van der Waals surface area contributed by atoms with E-state index >= 15 is 0 Å². The number of carbonyl (C=O) groups is 1. The quantitative estimate of drug-likeness (QED) is 0.170. The molecule has 3 aromatic rings. The first-order chi connectivity index (χ1) is 17.4. The van der Waals surface area contributed by atoms with E-state index in [4.69, 9.17) is 32.7 Å². The number of ether oxygens (including phenoxy) is 2. The van der Waals surface area contributed by atoms with Gasteiger partial charge in [0, 0.05) is 11.1 Å². The standard InChI is InChI=1S/C28H23Cl2FN2O3/c1-3-8-19-13-18(14-21(16-32)28(34)33-24-12-7-10-22(29)26(24)30)15-25(35-4-2)27(19)36-17-20-9-5-6-11-23(20)31/h3,5-7,9-15H,1,4,8,17H2,2H3,(H,33,34)/b21-14-. The van der Waals surface area contributed by atoms with E-state index in [9.17, 15) is 14.4 Å². The monoisotopic (exact) mass is 524 g/mol. The number of allylic oxidation sites excluding steroid dienone is 1. The molecule has 3 aromatic carbocycles. The summed E-state index contributed by atoms with van der Waals surface area (Å²) in [7, 11) is 0. The maximum atomic E-state index is 14.1. The predicted molar refractivity (Wildman–Crippen MR) is 141 cm³/mol. The van der Waals surface area contributed by atoms with Gasteiger partial charge in [-0.15, -0.1) is 6.58 Å². The maximum absolute atomic E-state index is 14.1. The fourth-order valence-electron chi connectivity index (χ4n) is 3.37. The molecule has 0 heterocycles. The molecule has 1 amide bonds. The Morgan fingerprint density at radius 1 is 1.14 bits per heavy atom. The van der Waals surface area contributed by atoms with E-state index < -0.39 is 5.91 Å². The Morgan fingerprint density at radius 3 is 2.61 bits per heavy atom. The lowest BCUT2D eigenvalue weighted by Gasteiger charge is -2.17. The van der Waals surface area contributed by atoms with Crippen molar-refractivity contribution in [3.8, 4) is 17.6 Å². The largest absolute Gasteiger partial charge is 0.490 e. The van der Waals surface area contributed by atoms with Gasteiger partial charge in [-0.2, -0.15) is 5.26 Å². The summed E-state index contributed by atoms with van der Waals surface area (Å²) in [5, 5.41) is 12.7. The SMILES string of the molecule is C=CCc1cc(/C=C(/C#N)C(=O)Nc2cccc(Cl)c2Cl)cc(OCC)c1OCc1ccccc1F. The maximum Gasteiger partial charge on any atom is 0.266 e. The molecule has 0 atom stereocenters. The lowest BCUT2D eigenvalue weighted by molar-refractivity contribution is -0.112. The highest BCUT2D eigenvalue weighted by molar-refractivity contribution is 6.44. The van der Waals surface area contributed by atoms with Crippen LogP contribution in [0.15, 0.2) is 72.8 Å². The molecule has 0 unspecified atom stereocenters. The molecule has 0 saturated heterocycles. The predicted octanol–water partition coefficient (Wildman–Crippen LogP) is 7.38. The number of carbonyl (C=O) groups excluding carboxylic acids is 1. The topological polar surface area (TPSA) is 71.4 Å². The van der Waals surface area contributed by atoms with Gasteiger partial charge in [0.15, 0.2) is 11.5 Å². The van der Waals surface area contributed by atoms with Gasteiger partial charge in [0.25, 0.3) is 5.91 Å². The fraction of sp³-hybridized carbons (Fsp3) is 0.143. The molecule has 0 aliphatic carbocycles. The van der Waals surface area contributed by atoms with E-state index in [0.717, 1.165) is 0 Å². The molecule has 0 spiro atoms. The molecular formula is C28H23Cl2FN2O3. The van der Waals surface area contributed by atoms with Crippen LogP contribution in [0.5, 0.6) is 11.5 Å². The van der Waals surface area contributed by atoms with Crippen LogP contribution in [0.2, 0.25) is 10.0 Å². The van der Waals surface area contributed by atoms with Crippen LogP contribution in [0.3, 0.4) is 0 Å². The van der Waals surface area contributed by atoms with Crippen LogP contribution >= 0.6 is 23.2 Å². The summed E-state index contributed by atoms with van der Waals surface area (Å²) >= 11 is 12.2. The van der Waals surface area contributed by atoms with Gasteiger partial charge in [0.1, 0.15) is 24.1 Å². The zero-order chi connectivity index (χ0) is 26.1. The van der Waals surface area contributed by atoms with Crippen LogP contribution < -0.4 is 14.8 Å². The lowest BCUT2D eigenvalue weighted by Crippen LogP contribution is -2.14. The van der Waals surface area contributed by atoms with Gasteiger partial charge in [-0.3, -0.25) is 4.79 Å². The third-order valence-corrected chi connectivity index (χ3v) is 5.84. The molecule has 5 nitrogen and oxygen atoms in total. The van der Waals surface area contributed by atoms with Crippen LogP contribution in [0.25, 0.3) is 6.08 Å². The van der Waals surface area contributed by atoms with Gasteiger partial charge >= 0.3 is 0 Å². The number of anilines is 1. The highest BCUT2D eigenvalue weighted by Crippen LogP contribution is 2.36. The van der Waals surface area contributed by atoms with E-state index in [1.165, 1.54) is 12.1 Å². The first-order valence-corrected chi connectivity index (χ1v) is 11.8. The van der Waals surface area contributed by atoms with Gasteiger partial charge in [-0.1, -0.05) is 53.5 Å². The second kappa shape index (κ2) is 12.8. The van der Waals surface area contributed by atoms with Gasteiger partial charge in [0.05, 0.1) is 22.3 Å². The van der Waals surface area contributed by atoms with E-state index in [0.29, 0.717) is 41.2 Å². The minimum Gasteiger partial charge on any atom is -0.490 e. The van der Waals surface area contributed by atoms with Crippen molar-refractivity contribution in [2.45, 2.75) is 20.0 Å². The van der Waals surface area contributed by atoms with Crippen molar-refractivity contribution in [2.75, 3.05) is 11.9 Å². The first kappa shape index (κ1) is 26.8. The Bertz CT molecular complexity index is 1350. The second-order valence-electron chi connectivity index (χ2n) is 7.54. The molecule has 184 valence electrons. The summed E-state index contributed by atoms with van der Waals surface area (Å²) in [4.78, 5) is 12.8. The third-order valence-electron chi connectivity index (χ3n) is 5.02. The Balaban J connectivity index is 1.95.